The molecule has 44 heavy (non-hydrogen) atoms. The number of aromatic nitrogens is 3. The average molecular weight is 602 g/mol. The van der Waals surface area contributed by atoms with E-state index in [1.54, 1.807) is 36.7 Å². The number of unbranched alkanes of at least 4 members (excludes halogenated alkanes) is 1. The van der Waals surface area contributed by atoms with Crippen molar-refractivity contribution in [3.05, 3.63) is 131 Å². The second-order valence-electron chi connectivity index (χ2n) is 12.0. The molecular formula is C37H35N3O3S. The van der Waals surface area contributed by atoms with Crippen LogP contribution in [0.4, 0.5) is 0 Å². The second-order valence-corrected chi connectivity index (χ2v) is 13.0. The molecule has 4 heterocycles. The molecule has 6 aromatic rings. The number of para-hydroxylation sites is 1. The molecule has 222 valence electrons. The summed E-state index contributed by atoms with van der Waals surface area (Å²) in [6, 6.07) is 29.0. The molecule has 2 N–H and O–H groups in total. The SMILES string of the molecule is CCCCn1c2ccccc2c2cc(C(=O)C3C(c4cccs4)CC(O)(c4ccccn4)CC3(O)c3ccccn3)ccc21. The maximum Gasteiger partial charge on any atom is 0.169 e. The highest BCUT2D eigenvalue weighted by molar-refractivity contribution is 7.10. The van der Waals surface area contributed by atoms with E-state index in [-0.39, 0.29) is 18.6 Å². The minimum atomic E-state index is -1.76. The van der Waals surface area contributed by atoms with Crippen LogP contribution in [0.25, 0.3) is 21.8 Å². The van der Waals surface area contributed by atoms with Crippen LogP contribution < -0.4 is 0 Å². The summed E-state index contributed by atoms with van der Waals surface area (Å²) in [4.78, 5) is 24.9. The molecule has 0 radical (unpaired) electrons. The van der Waals surface area contributed by atoms with Crippen LogP contribution in [-0.4, -0.2) is 30.5 Å². The van der Waals surface area contributed by atoms with Gasteiger partial charge in [0, 0.05) is 63.5 Å². The van der Waals surface area contributed by atoms with Gasteiger partial charge in [-0.2, -0.15) is 0 Å². The third kappa shape index (κ3) is 4.76. The standard InChI is InChI=1S/C37H35N3O3S/c1-2-3-20-40-29-12-5-4-11-26(29)27-22-25(16-17-30(27)40)35(41)34-28(31-13-10-21-44-31)23-36(42,32-14-6-8-18-38-32)24-37(34,43)33-15-7-9-19-39-33/h4-19,21-22,28,34,42-43H,2-3,20,23-24H2,1H3. The molecule has 0 aliphatic heterocycles. The van der Waals surface area contributed by atoms with E-state index in [0.717, 1.165) is 46.1 Å². The summed E-state index contributed by atoms with van der Waals surface area (Å²) in [5, 5.41) is 29.2. The minimum absolute atomic E-state index is 0.106. The first-order valence-electron chi connectivity index (χ1n) is 15.3. The van der Waals surface area contributed by atoms with E-state index in [0.29, 0.717) is 17.0 Å². The Morgan fingerprint density at radius 1 is 0.886 bits per heavy atom. The number of Topliss-reactive ketones (excluding diaryl/α,β-unsaturated/α-hetero) is 1. The molecule has 6 nitrogen and oxygen atoms in total. The summed E-state index contributed by atoms with van der Waals surface area (Å²) in [6.45, 7) is 3.10. The molecule has 1 aliphatic carbocycles. The number of hydrogen-bond acceptors (Lipinski definition) is 6. The molecule has 4 unspecified atom stereocenters. The molecule has 4 atom stereocenters. The fourth-order valence-electron chi connectivity index (χ4n) is 7.25. The van der Waals surface area contributed by atoms with E-state index in [1.165, 1.54) is 11.3 Å². The predicted octanol–water partition coefficient (Wildman–Crippen LogP) is 7.60. The molecule has 0 saturated heterocycles. The fourth-order valence-corrected chi connectivity index (χ4v) is 8.12. The molecular weight excluding hydrogens is 566 g/mol. The number of hydrogen-bond donors (Lipinski definition) is 2. The van der Waals surface area contributed by atoms with Crippen LogP contribution in [0.2, 0.25) is 0 Å². The lowest BCUT2D eigenvalue weighted by atomic mass is 9.58. The van der Waals surface area contributed by atoms with Crippen LogP contribution in [-0.2, 0) is 17.7 Å². The highest BCUT2D eigenvalue weighted by Crippen LogP contribution is 2.56. The summed E-state index contributed by atoms with van der Waals surface area (Å²) in [6.07, 6.45) is 5.57. The van der Waals surface area contributed by atoms with Gasteiger partial charge >= 0.3 is 0 Å². The van der Waals surface area contributed by atoms with E-state index in [2.05, 4.69) is 39.7 Å². The van der Waals surface area contributed by atoms with E-state index < -0.39 is 23.0 Å². The molecule has 7 rings (SSSR count). The number of nitrogens with zero attached hydrogens (tertiary/aromatic N) is 3. The number of pyridine rings is 2. The lowest BCUT2D eigenvalue weighted by Crippen LogP contribution is -2.54. The quantitative estimate of drug-likeness (QED) is 0.176. The Morgan fingerprint density at radius 3 is 2.32 bits per heavy atom. The molecule has 1 aliphatic rings. The molecule has 0 amide bonds. The normalized spacial score (nSPS) is 23.7. The Hall–Kier alpha value is -4.17. The number of carbonyl (C=O) groups excluding carboxylic acids is 1. The average Bonchev–Trinajstić information content (AvgIpc) is 3.71. The Kier molecular flexibility index (Phi) is 7.41. The third-order valence-corrected chi connectivity index (χ3v) is 10.3. The Balaban J connectivity index is 1.40. The fraction of sp³-hybridized carbons (Fsp3) is 0.270. The zero-order valence-electron chi connectivity index (χ0n) is 24.6. The predicted molar refractivity (Wildman–Crippen MR) is 175 cm³/mol. The number of aliphatic hydroxyl groups is 2. The van der Waals surface area contributed by atoms with Crippen molar-refractivity contribution >= 4 is 38.9 Å². The Morgan fingerprint density at radius 2 is 1.61 bits per heavy atom. The monoisotopic (exact) mass is 601 g/mol. The number of benzene rings is 2. The zero-order valence-corrected chi connectivity index (χ0v) is 25.5. The van der Waals surface area contributed by atoms with Crippen LogP contribution in [0.15, 0.2) is 109 Å². The van der Waals surface area contributed by atoms with Crippen molar-refractivity contribution in [2.24, 2.45) is 5.92 Å². The molecule has 0 bridgehead atoms. The summed E-state index contributed by atoms with van der Waals surface area (Å²) >= 11 is 1.53. The third-order valence-electron chi connectivity index (χ3n) is 9.27. The lowest BCUT2D eigenvalue weighted by Gasteiger charge is -2.50. The largest absolute Gasteiger partial charge is 0.383 e. The smallest absolute Gasteiger partial charge is 0.169 e. The van der Waals surface area contributed by atoms with E-state index >= 15 is 0 Å². The van der Waals surface area contributed by atoms with Gasteiger partial charge in [-0.1, -0.05) is 49.7 Å². The number of aryl methyl sites for hydroxylation is 1. The van der Waals surface area contributed by atoms with Crippen molar-refractivity contribution in [3.63, 3.8) is 0 Å². The summed E-state index contributed by atoms with van der Waals surface area (Å²) < 4.78 is 2.34. The molecule has 4 aromatic heterocycles. The number of thiophene rings is 1. The molecule has 1 fully saturated rings. The molecule has 0 spiro atoms. The number of carbonyl (C=O) groups is 1. The van der Waals surface area contributed by atoms with Gasteiger partial charge in [-0.25, -0.2) is 0 Å². The van der Waals surface area contributed by atoms with E-state index in [9.17, 15) is 15.0 Å². The van der Waals surface area contributed by atoms with Crippen molar-refractivity contribution in [2.45, 2.75) is 56.3 Å². The zero-order chi connectivity index (χ0) is 30.3. The van der Waals surface area contributed by atoms with Crippen LogP contribution in [0.5, 0.6) is 0 Å². The van der Waals surface area contributed by atoms with Crippen LogP contribution in [0.3, 0.4) is 0 Å². The second kappa shape index (κ2) is 11.4. The molecule has 7 heteroatoms. The lowest BCUT2D eigenvalue weighted by molar-refractivity contribution is -0.143. The van der Waals surface area contributed by atoms with Crippen LogP contribution in [0.1, 0.15) is 65.1 Å². The van der Waals surface area contributed by atoms with E-state index in [4.69, 9.17) is 0 Å². The summed E-state index contributed by atoms with van der Waals surface area (Å²) in [7, 11) is 0. The van der Waals surface area contributed by atoms with E-state index in [1.807, 2.05) is 53.9 Å². The van der Waals surface area contributed by atoms with Gasteiger partial charge in [0.25, 0.3) is 0 Å². The topological polar surface area (TPSA) is 88.2 Å². The van der Waals surface area contributed by atoms with Crippen molar-refractivity contribution in [1.29, 1.82) is 0 Å². The summed E-state index contributed by atoms with van der Waals surface area (Å²) in [5.74, 6) is -1.52. The van der Waals surface area contributed by atoms with Gasteiger partial charge in [0.2, 0.25) is 0 Å². The van der Waals surface area contributed by atoms with Gasteiger partial charge in [0.15, 0.2) is 5.78 Å². The highest BCUT2D eigenvalue weighted by atomic mass is 32.1. The number of fused-ring (bicyclic) bond motifs is 3. The Bertz CT molecular complexity index is 1920. The van der Waals surface area contributed by atoms with Gasteiger partial charge < -0.3 is 14.8 Å². The van der Waals surface area contributed by atoms with Crippen molar-refractivity contribution < 1.29 is 15.0 Å². The minimum Gasteiger partial charge on any atom is -0.383 e. The highest BCUT2D eigenvalue weighted by Gasteiger charge is 2.59. The first-order chi connectivity index (χ1) is 21.4. The maximum atomic E-state index is 14.9. The molecule has 1 saturated carbocycles. The summed E-state index contributed by atoms with van der Waals surface area (Å²) in [5.41, 5.74) is 0.394. The van der Waals surface area contributed by atoms with Crippen molar-refractivity contribution in [2.75, 3.05) is 0 Å². The van der Waals surface area contributed by atoms with Gasteiger partial charge in [-0.3, -0.25) is 14.8 Å². The Labute approximate surface area is 260 Å². The van der Waals surface area contributed by atoms with Crippen molar-refractivity contribution in [1.82, 2.24) is 14.5 Å². The number of ketones is 1. The van der Waals surface area contributed by atoms with Crippen molar-refractivity contribution in [3.8, 4) is 0 Å². The van der Waals surface area contributed by atoms with Gasteiger partial charge in [0.1, 0.15) is 11.2 Å². The first kappa shape index (κ1) is 28.6. The van der Waals surface area contributed by atoms with Gasteiger partial charge in [-0.15, -0.1) is 11.3 Å². The van der Waals surface area contributed by atoms with Gasteiger partial charge in [-0.05, 0) is 72.8 Å². The van der Waals surface area contributed by atoms with Gasteiger partial charge in [0.05, 0.1) is 17.3 Å². The first-order valence-corrected chi connectivity index (χ1v) is 16.2. The molecule has 2 aromatic carbocycles. The van der Waals surface area contributed by atoms with Crippen LogP contribution >= 0.6 is 11.3 Å². The maximum absolute atomic E-state index is 14.9. The van der Waals surface area contributed by atoms with Crippen LogP contribution in [0, 0.1) is 5.92 Å². The number of rotatable bonds is 8.